The SMILES string of the molecule is CCC(C)C(NC(=O)C(CCCN=C(N)N)NC(=O)C(CC(C)C)NC(=O)C(N)CC(=O)O)C(=O)O. The highest BCUT2D eigenvalue weighted by molar-refractivity contribution is 5.94. The number of carboxylic acid groups (broad SMARTS) is 2. The number of carbonyl (C=O) groups is 5. The molecule has 0 radical (unpaired) electrons. The van der Waals surface area contributed by atoms with E-state index in [4.69, 9.17) is 22.3 Å². The van der Waals surface area contributed by atoms with E-state index in [-0.39, 0.29) is 37.2 Å². The number of nitrogens with two attached hydrogens (primary N) is 3. The van der Waals surface area contributed by atoms with E-state index in [1.807, 2.05) is 13.8 Å². The van der Waals surface area contributed by atoms with Gasteiger partial charge in [-0.2, -0.15) is 0 Å². The summed E-state index contributed by atoms with van der Waals surface area (Å²) in [5.74, 6) is -5.26. The lowest BCUT2D eigenvalue weighted by Gasteiger charge is -2.27. The molecule has 0 aliphatic carbocycles. The van der Waals surface area contributed by atoms with Crippen LogP contribution < -0.4 is 33.2 Å². The van der Waals surface area contributed by atoms with Gasteiger partial charge < -0.3 is 43.4 Å². The Morgan fingerprint density at radius 3 is 1.92 bits per heavy atom. The molecule has 0 aromatic heterocycles. The Bertz CT molecular complexity index is 800. The molecular formula is C22H41N7O7. The molecule has 14 heteroatoms. The second-order valence-electron chi connectivity index (χ2n) is 9.12. The molecule has 0 fully saturated rings. The van der Waals surface area contributed by atoms with Gasteiger partial charge >= 0.3 is 11.9 Å². The van der Waals surface area contributed by atoms with Crippen molar-refractivity contribution in [3.05, 3.63) is 0 Å². The zero-order chi connectivity index (χ0) is 28.0. The number of guanidine groups is 1. The van der Waals surface area contributed by atoms with E-state index in [2.05, 4.69) is 20.9 Å². The number of nitrogens with one attached hydrogen (secondary N) is 3. The molecule has 36 heavy (non-hydrogen) atoms. The Labute approximate surface area is 210 Å². The van der Waals surface area contributed by atoms with Crippen molar-refractivity contribution in [2.24, 2.45) is 34.0 Å². The van der Waals surface area contributed by atoms with E-state index in [0.29, 0.717) is 12.8 Å². The van der Waals surface area contributed by atoms with Gasteiger partial charge in [-0.05, 0) is 31.1 Å². The quantitative estimate of drug-likeness (QED) is 0.0630. The first-order valence-electron chi connectivity index (χ1n) is 11.9. The van der Waals surface area contributed by atoms with Crippen LogP contribution in [-0.2, 0) is 24.0 Å². The third-order valence-electron chi connectivity index (χ3n) is 5.43. The number of carboxylic acids is 2. The molecule has 0 spiro atoms. The van der Waals surface area contributed by atoms with E-state index in [1.54, 1.807) is 13.8 Å². The zero-order valence-electron chi connectivity index (χ0n) is 21.3. The molecule has 0 aromatic carbocycles. The van der Waals surface area contributed by atoms with Crippen LogP contribution >= 0.6 is 0 Å². The molecule has 206 valence electrons. The lowest BCUT2D eigenvalue weighted by molar-refractivity contribution is -0.144. The number of carbonyl (C=O) groups excluding carboxylic acids is 3. The summed E-state index contributed by atoms with van der Waals surface area (Å²) in [5.41, 5.74) is 16.2. The largest absolute Gasteiger partial charge is 0.481 e. The Morgan fingerprint density at radius 2 is 1.44 bits per heavy atom. The summed E-state index contributed by atoms with van der Waals surface area (Å²) in [6.45, 7) is 7.26. The maximum atomic E-state index is 13.1. The molecule has 0 saturated carbocycles. The van der Waals surface area contributed by atoms with Crippen LogP contribution in [0.25, 0.3) is 0 Å². The molecular weight excluding hydrogens is 474 g/mol. The molecule has 3 amide bonds. The summed E-state index contributed by atoms with van der Waals surface area (Å²) in [5, 5.41) is 25.9. The maximum Gasteiger partial charge on any atom is 0.326 e. The van der Waals surface area contributed by atoms with Gasteiger partial charge in [-0.25, -0.2) is 4.79 Å². The minimum absolute atomic E-state index is 0.0484. The number of hydrogen-bond donors (Lipinski definition) is 8. The summed E-state index contributed by atoms with van der Waals surface area (Å²) in [6, 6.07) is -4.78. The molecule has 0 rings (SSSR count). The third-order valence-corrected chi connectivity index (χ3v) is 5.43. The first-order valence-corrected chi connectivity index (χ1v) is 11.9. The fourth-order valence-electron chi connectivity index (χ4n) is 3.24. The molecule has 0 aromatic rings. The van der Waals surface area contributed by atoms with E-state index >= 15 is 0 Å². The van der Waals surface area contributed by atoms with Gasteiger partial charge in [-0.1, -0.05) is 34.1 Å². The zero-order valence-corrected chi connectivity index (χ0v) is 21.3. The second kappa shape index (κ2) is 16.3. The number of aliphatic carboxylic acids is 2. The van der Waals surface area contributed by atoms with Crippen molar-refractivity contribution in [2.45, 2.75) is 84.0 Å². The normalized spacial score (nSPS) is 15.1. The van der Waals surface area contributed by atoms with Crippen molar-refractivity contribution >= 4 is 35.6 Å². The fraction of sp³-hybridized carbons (Fsp3) is 0.727. The van der Waals surface area contributed by atoms with E-state index in [1.165, 1.54) is 0 Å². The average molecular weight is 516 g/mol. The summed E-state index contributed by atoms with van der Waals surface area (Å²) in [6.07, 6.45) is 0.441. The van der Waals surface area contributed by atoms with Gasteiger partial charge in [-0.15, -0.1) is 0 Å². The number of hydrogen-bond acceptors (Lipinski definition) is 7. The second-order valence-corrected chi connectivity index (χ2v) is 9.12. The Morgan fingerprint density at radius 1 is 0.889 bits per heavy atom. The number of nitrogens with zero attached hydrogens (tertiary/aromatic N) is 1. The molecule has 0 saturated heterocycles. The number of aliphatic imine (C=N–C) groups is 1. The van der Waals surface area contributed by atoms with Crippen LogP contribution in [0.2, 0.25) is 0 Å². The number of rotatable bonds is 17. The van der Waals surface area contributed by atoms with E-state index < -0.39 is 60.2 Å². The van der Waals surface area contributed by atoms with Gasteiger partial charge in [0.1, 0.15) is 18.1 Å². The molecule has 0 aliphatic heterocycles. The summed E-state index contributed by atoms with van der Waals surface area (Å²) in [7, 11) is 0. The first kappa shape index (κ1) is 32.6. The van der Waals surface area contributed by atoms with Crippen molar-refractivity contribution in [2.75, 3.05) is 6.54 Å². The molecule has 5 unspecified atom stereocenters. The molecule has 0 bridgehead atoms. The topological polar surface area (TPSA) is 252 Å². The highest BCUT2D eigenvalue weighted by Crippen LogP contribution is 2.11. The van der Waals surface area contributed by atoms with Crippen LogP contribution in [-0.4, -0.2) is 76.5 Å². The van der Waals surface area contributed by atoms with E-state index in [9.17, 15) is 29.1 Å². The fourth-order valence-corrected chi connectivity index (χ4v) is 3.24. The van der Waals surface area contributed by atoms with Crippen molar-refractivity contribution in [1.82, 2.24) is 16.0 Å². The van der Waals surface area contributed by atoms with Crippen LogP contribution in [0.3, 0.4) is 0 Å². The highest BCUT2D eigenvalue weighted by Gasteiger charge is 2.32. The molecule has 0 heterocycles. The molecule has 0 aliphatic rings. The van der Waals surface area contributed by atoms with Gasteiger partial charge in [0.15, 0.2) is 5.96 Å². The Hall–Kier alpha value is -3.42. The minimum Gasteiger partial charge on any atom is -0.481 e. The monoisotopic (exact) mass is 515 g/mol. The molecule has 14 nitrogen and oxygen atoms in total. The van der Waals surface area contributed by atoms with Crippen LogP contribution in [0.1, 0.15) is 59.8 Å². The number of amides is 3. The van der Waals surface area contributed by atoms with Crippen LogP contribution in [0, 0.1) is 11.8 Å². The van der Waals surface area contributed by atoms with Crippen molar-refractivity contribution < 1.29 is 34.2 Å². The smallest absolute Gasteiger partial charge is 0.326 e. The van der Waals surface area contributed by atoms with E-state index in [0.717, 1.165) is 0 Å². The maximum absolute atomic E-state index is 13.1. The first-order chi connectivity index (χ1) is 16.7. The third kappa shape index (κ3) is 12.9. The Kier molecular flexibility index (Phi) is 14.7. The lowest BCUT2D eigenvalue weighted by Crippen LogP contribution is -2.58. The summed E-state index contributed by atoms with van der Waals surface area (Å²) < 4.78 is 0. The van der Waals surface area contributed by atoms with Gasteiger partial charge in [0.25, 0.3) is 0 Å². The standard InChI is InChI=1S/C22H41N7O7/c1-5-12(4)17(21(35)36)29-19(33)14(7-6-8-26-22(24)25)27-20(34)15(9-11(2)3)28-18(32)13(23)10-16(30)31/h11-15,17H,5-10,23H2,1-4H3,(H,27,34)(H,28,32)(H,29,33)(H,30,31)(H,35,36)(H4,24,25,26). The van der Waals surface area contributed by atoms with Gasteiger partial charge in [0, 0.05) is 6.54 Å². The van der Waals surface area contributed by atoms with Crippen molar-refractivity contribution in [3.63, 3.8) is 0 Å². The predicted octanol–water partition coefficient (Wildman–Crippen LogP) is -1.53. The Balaban J connectivity index is 5.69. The van der Waals surface area contributed by atoms with Crippen LogP contribution in [0.4, 0.5) is 0 Å². The highest BCUT2D eigenvalue weighted by atomic mass is 16.4. The molecule has 5 atom stereocenters. The van der Waals surface area contributed by atoms with Crippen LogP contribution in [0.5, 0.6) is 0 Å². The summed E-state index contributed by atoms with van der Waals surface area (Å²) in [4.78, 5) is 64.8. The van der Waals surface area contributed by atoms with Gasteiger partial charge in [-0.3, -0.25) is 24.2 Å². The average Bonchev–Trinajstić information content (AvgIpc) is 2.76. The van der Waals surface area contributed by atoms with Crippen molar-refractivity contribution in [1.29, 1.82) is 0 Å². The molecule has 11 N–H and O–H groups in total. The minimum atomic E-state index is -1.37. The van der Waals surface area contributed by atoms with Crippen molar-refractivity contribution in [3.8, 4) is 0 Å². The lowest BCUT2D eigenvalue weighted by atomic mass is 9.98. The van der Waals surface area contributed by atoms with Gasteiger partial charge in [0.05, 0.1) is 12.5 Å². The van der Waals surface area contributed by atoms with Crippen LogP contribution in [0.15, 0.2) is 4.99 Å². The summed E-state index contributed by atoms with van der Waals surface area (Å²) >= 11 is 0. The predicted molar refractivity (Wildman–Crippen MR) is 132 cm³/mol. The van der Waals surface area contributed by atoms with Gasteiger partial charge in [0.2, 0.25) is 17.7 Å².